The number of benzene rings is 15. The molecule has 0 saturated carbocycles. The van der Waals surface area contributed by atoms with Crippen molar-refractivity contribution < 1.29 is 69.5 Å². The highest BCUT2D eigenvalue weighted by atomic mass is 16.7. The van der Waals surface area contributed by atoms with Crippen molar-refractivity contribution >= 4 is 109 Å². The molecule has 592 valence electrons. The number of hydrogen-bond donors (Lipinski definition) is 0. The summed E-state index contributed by atoms with van der Waals surface area (Å²) < 4.78 is 84.5. The van der Waals surface area contributed by atoms with Crippen LogP contribution in [0.25, 0.3) is 164 Å². The van der Waals surface area contributed by atoms with Gasteiger partial charge in [0.15, 0.2) is 57.5 Å². The molecule has 5 aliphatic rings. The van der Waals surface area contributed by atoms with Crippen molar-refractivity contribution in [3.8, 4) is 113 Å². The molecule has 10 heterocycles. The smallest absolute Gasteiger partial charge is 0.231 e. The number of hydrogen-bond acceptors (Lipinski definition) is 20. The van der Waals surface area contributed by atoms with Gasteiger partial charge in [0.25, 0.3) is 0 Å². The van der Waals surface area contributed by atoms with Gasteiger partial charge in [0.05, 0.1) is 54.7 Å². The minimum absolute atomic E-state index is 0.0465. The first-order valence-electron chi connectivity index (χ1n) is 39.2. The van der Waals surface area contributed by atoms with E-state index in [0.717, 1.165) is 81.7 Å². The third-order valence-electron chi connectivity index (χ3n) is 22.0. The van der Waals surface area contributed by atoms with Gasteiger partial charge in [-0.1, -0.05) is 188 Å². The maximum Gasteiger partial charge on any atom is 0.231 e. The molecule has 15 aromatic carbocycles. The lowest BCUT2D eigenvalue weighted by atomic mass is 10.00. The van der Waals surface area contributed by atoms with Crippen LogP contribution in [0.3, 0.4) is 0 Å². The van der Waals surface area contributed by atoms with E-state index in [2.05, 4.69) is 0 Å². The van der Waals surface area contributed by atoms with Crippen LogP contribution in [0.1, 0.15) is 0 Å². The third-order valence-corrected chi connectivity index (χ3v) is 22.0. The van der Waals surface area contributed by atoms with E-state index in [4.69, 9.17) is 69.5 Å². The summed E-state index contributed by atoms with van der Waals surface area (Å²) in [7, 11) is 0. The predicted molar refractivity (Wildman–Crippen MR) is 467 cm³/mol. The van der Waals surface area contributed by atoms with Crippen LogP contribution in [-0.4, -0.2) is 46.8 Å². The van der Waals surface area contributed by atoms with Gasteiger partial charge in [-0.25, -0.2) is 0 Å². The van der Waals surface area contributed by atoms with Gasteiger partial charge in [-0.15, -0.1) is 0 Å². The fourth-order valence-electron chi connectivity index (χ4n) is 16.2. The molecule has 0 amide bonds. The Kier molecular flexibility index (Phi) is 18.6. The molecule has 0 spiro atoms. The lowest BCUT2D eigenvalue weighted by Gasteiger charge is -2.20. The quantitative estimate of drug-likeness (QED) is 0.145. The molecule has 0 N–H and O–H groups in total. The van der Waals surface area contributed by atoms with Crippen molar-refractivity contribution in [3.63, 3.8) is 0 Å². The van der Waals surface area contributed by atoms with Gasteiger partial charge in [0, 0.05) is 32.3 Å². The van der Waals surface area contributed by atoms with Crippen LogP contribution < -0.4 is 74.5 Å². The molecule has 5 aromatic heterocycles. The van der Waals surface area contributed by atoms with Gasteiger partial charge in [0.2, 0.25) is 47.5 Å². The highest BCUT2D eigenvalue weighted by Crippen LogP contribution is 2.46. The topological polar surface area (TPSA) is 243 Å². The zero-order chi connectivity index (χ0) is 81.9. The van der Waals surface area contributed by atoms with Crippen molar-refractivity contribution in [2.45, 2.75) is 0 Å². The first-order chi connectivity index (χ1) is 60.1. The summed E-state index contributed by atoms with van der Waals surface area (Å²) in [5, 5.41) is 11.2. The van der Waals surface area contributed by atoms with Gasteiger partial charge in [-0.3, -0.25) is 24.0 Å². The number of rotatable bonds is 5. The molecule has 20 nitrogen and oxygen atoms in total. The van der Waals surface area contributed by atoms with Crippen molar-refractivity contribution in [1.29, 1.82) is 0 Å². The minimum atomic E-state index is -0.0723. The zero-order valence-electron chi connectivity index (χ0n) is 64.5. The maximum atomic E-state index is 13.3. The number of ether oxygens (including phenoxy) is 10. The van der Waals surface area contributed by atoms with Gasteiger partial charge < -0.3 is 69.5 Å². The second kappa shape index (κ2) is 30.9. The fourth-order valence-corrected chi connectivity index (χ4v) is 16.2. The normalized spacial score (nSPS) is 13.0. The maximum absolute atomic E-state index is 13.3. The number of fused-ring (bicyclic) bond motifs is 23. The van der Waals surface area contributed by atoms with Crippen molar-refractivity contribution in [1.82, 2.24) is 0 Å². The third kappa shape index (κ3) is 13.1. The largest absolute Gasteiger partial charge is 0.486 e. The van der Waals surface area contributed by atoms with Crippen molar-refractivity contribution in [2.75, 3.05) is 46.8 Å². The lowest BCUT2D eigenvalue weighted by Crippen LogP contribution is -2.16. The second-order valence-corrected chi connectivity index (χ2v) is 29.0. The molecule has 0 atom stereocenters. The molecule has 0 unspecified atom stereocenters. The van der Waals surface area contributed by atoms with E-state index in [9.17, 15) is 24.0 Å². The molecule has 0 saturated heterocycles. The molecule has 20 heteroatoms. The Balaban J connectivity index is 0.0000000939. The van der Waals surface area contributed by atoms with Crippen LogP contribution >= 0.6 is 0 Å². The van der Waals surface area contributed by atoms with Crippen molar-refractivity contribution in [3.05, 3.63) is 355 Å². The summed E-state index contributed by atoms with van der Waals surface area (Å²) in [5.41, 5.74) is 9.38. The molecular formula is C102H64O20. The van der Waals surface area contributed by atoms with Crippen molar-refractivity contribution in [2.24, 2.45) is 0 Å². The fraction of sp³-hybridized carbons (Fsp3) is 0.0686. The Morgan fingerprint density at radius 2 is 0.459 bits per heavy atom. The first-order valence-corrected chi connectivity index (χ1v) is 39.2. The Bertz CT molecular complexity index is 7810. The Morgan fingerprint density at radius 3 is 0.885 bits per heavy atom. The molecule has 0 aliphatic carbocycles. The summed E-state index contributed by atoms with van der Waals surface area (Å²) >= 11 is 0. The molecule has 25 rings (SSSR count). The summed E-state index contributed by atoms with van der Waals surface area (Å²) in [6, 6.07) is 85.2. The van der Waals surface area contributed by atoms with Crippen LogP contribution in [-0.2, 0) is 0 Å². The molecule has 122 heavy (non-hydrogen) atoms. The van der Waals surface area contributed by atoms with E-state index < -0.39 is 0 Å². The molecule has 0 fully saturated rings. The van der Waals surface area contributed by atoms with Crippen LogP contribution in [0.5, 0.6) is 57.5 Å². The van der Waals surface area contributed by atoms with E-state index in [1.54, 1.807) is 6.07 Å². The van der Waals surface area contributed by atoms with Crippen LogP contribution in [0.15, 0.2) is 350 Å². The Labute approximate surface area is 689 Å². The average Bonchev–Trinajstić information content (AvgIpc) is 1.09. The Hall–Kier alpha value is -16.4. The molecule has 0 bridgehead atoms. The van der Waals surface area contributed by atoms with Gasteiger partial charge in [0.1, 0.15) is 85.7 Å². The summed E-state index contributed by atoms with van der Waals surface area (Å²) in [5.74, 6) is 6.64. The van der Waals surface area contributed by atoms with Gasteiger partial charge >= 0.3 is 0 Å². The van der Waals surface area contributed by atoms with Crippen LogP contribution in [0, 0.1) is 0 Å². The zero-order valence-corrected chi connectivity index (χ0v) is 64.5. The lowest BCUT2D eigenvalue weighted by molar-refractivity contribution is 0.172. The average molecular weight is 1610 g/mol. The van der Waals surface area contributed by atoms with Crippen LogP contribution in [0.4, 0.5) is 0 Å². The highest BCUT2D eigenvalue weighted by molar-refractivity contribution is 6.14. The summed E-state index contributed by atoms with van der Waals surface area (Å²) in [4.78, 5) is 65.9. The molecule has 5 aliphatic heterocycles. The summed E-state index contributed by atoms with van der Waals surface area (Å²) in [6.45, 7) is 2.58. The van der Waals surface area contributed by atoms with E-state index in [1.807, 2.05) is 267 Å². The van der Waals surface area contributed by atoms with Gasteiger partial charge in [-0.05, 0) is 134 Å². The highest BCUT2D eigenvalue weighted by Gasteiger charge is 2.27. The predicted octanol–water partition coefficient (Wildman–Crippen LogP) is 21.8. The monoisotopic (exact) mass is 1610 g/mol. The van der Waals surface area contributed by atoms with E-state index >= 15 is 0 Å². The molecule has 20 aromatic rings. The van der Waals surface area contributed by atoms with E-state index in [1.165, 1.54) is 31.3 Å². The Morgan fingerprint density at radius 1 is 0.189 bits per heavy atom. The molecular weight excluding hydrogens is 1550 g/mol. The van der Waals surface area contributed by atoms with E-state index in [0.29, 0.717) is 167 Å². The van der Waals surface area contributed by atoms with Crippen LogP contribution in [0.2, 0.25) is 0 Å². The SMILES string of the molecule is O=c1c(-c2ccccc2)coc2ccc3c4c(ccc3c12)OCO4.O=c1c(-c2ccccc2)coc2ccc3cc4c(cc3c12)OCCO4.O=c1c(-c2ccccc2)coc2ccc3cc4c(cc3c12)OCO4.O=c1c(-c2ccccc2)coc2ccc3ccc4c(c3c12)OCCO4.O=c1c(-c2ccccc2)coc2ccc3ccc4c(c3c12)OCO4. The first kappa shape index (κ1) is 73.3. The van der Waals surface area contributed by atoms with E-state index in [-0.39, 0.29) is 47.5 Å². The standard InChI is InChI=1S/2C21H14O4.3C20H12O4/c22-20-15(13-4-2-1-3-5-13)12-25-16-8-6-14-7-9-17-21(18(14)19(16)20)24-11-10-23-17;22-21-16(13-4-2-1-3-5-13)12-25-17-7-6-14-10-18-19(24-9-8-23-18)11-15(14)20(17)21;21-19-15(12-4-2-1-3-5-12)10-22-16-8-7-14-13(18(16)19)6-9-17-20(14)24-11-23-17;21-19-14(12-4-2-1-3-5-12)10-22-15-8-6-13-7-9-16-20(24-11-23-16)17(13)18(15)19;21-20-15(12-4-2-1-3-5-12)10-22-16-7-6-13-8-17-18(24-11-23-17)9-14(13)19(16)20/h1-9,12H,10-11H2;1-7,10-12H,8-9H2;3*1-10H,11H2. The summed E-state index contributed by atoms with van der Waals surface area (Å²) in [6.07, 6.45) is 7.63. The molecule has 0 radical (unpaired) electrons. The van der Waals surface area contributed by atoms with Gasteiger partial charge in [-0.2, -0.15) is 0 Å². The second-order valence-electron chi connectivity index (χ2n) is 29.0. The minimum Gasteiger partial charge on any atom is -0.486 e.